The molecule has 2 heterocycles. The fraction of sp³-hybridized carbons (Fsp3) is 0. The highest BCUT2D eigenvalue weighted by atomic mass is 15.1. The maximum atomic E-state index is 5.14. The summed E-state index contributed by atoms with van der Waals surface area (Å²) >= 11 is 0. The van der Waals surface area contributed by atoms with E-state index in [1.165, 1.54) is 0 Å². The van der Waals surface area contributed by atoms with Crippen LogP contribution in [0.1, 0.15) is 0 Å². The zero-order valence-electron chi connectivity index (χ0n) is 23.7. The van der Waals surface area contributed by atoms with Gasteiger partial charge in [0.25, 0.3) is 0 Å². The van der Waals surface area contributed by atoms with Crippen LogP contribution < -0.4 is 0 Å². The van der Waals surface area contributed by atoms with Gasteiger partial charge in [0.15, 0.2) is 17.5 Å². The Morgan fingerprint density at radius 1 is 0.273 bits per heavy atom. The number of hydrogen-bond donors (Lipinski definition) is 0. The second-order valence-electron chi connectivity index (χ2n) is 10.5. The Labute approximate surface area is 254 Å². The molecule has 0 saturated heterocycles. The predicted molar refractivity (Wildman–Crippen MR) is 178 cm³/mol. The molecule has 206 valence electrons. The van der Waals surface area contributed by atoms with Crippen molar-refractivity contribution in [1.82, 2.24) is 25.1 Å². The van der Waals surface area contributed by atoms with Crippen LogP contribution in [0, 0.1) is 0 Å². The standard InChI is InChI=1S/C39H25N5/c1-4-14-26(15-5-1)33-24-25-34(44-43-33)35-31-22-12-10-20-29(31)30-21-11-13-23-32(30)36(35)39-41-37(27-16-6-2-7-17-27)40-38(42-39)28-18-8-3-9-19-28/h1-25H. The van der Waals surface area contributed by atoms with E-state index in [0.717, 1.165) is 60.8 Å². The molecule has 0 unspecified atom stereocenters. The van der Waals surface area contributed by atoms with Crippen molar-refractivity contribution in [1.29, 1.82) is 0 Å². The van der Waals surface area contributed by atoms with E-state index < -0.39 is 0 Å². The van der Waals surface area contributed by atoms with Crippen LogP contribution in [-0.2, 0) is 0 Å². The van der Waals surface area contributed by atoms with E-state index in [4.69, 9.17) is 20.1 Å². The molecule has 0 atom stereocenters. The molecular weight excluding hydrogens is 538 g/mol. The van der Waals surface area contributed by atoms with Crippen LogP contribution in [0.25, 0.3) is 78.2 Å². The normalized spacial score (nSPS) is 11.2. The summed E-state index contributed by atoms with van der Waals surface area (Å²) < 4.78 is 0. The highest BCUT2D eigenvalue weighted by molar-refractivity contribution is 6.20. The third kappa shape index (κ3) is 4.57. The van der Waals surface area contributed by atoms with E-state index in [9.17, 15) is 0 Å². The zero-order valence-corrected chi connectivity index (χ0v) is 23.7. The number of hydrogen-bond acceptors (Lipinski definition) is 5. The van der Waals surface area contributed by atoms with Gasteiger partial charge in [0.2, 0.25) is 0 Å². The fourth-order valence-corrected chi connectivity index (χ4v) is 5.79. The average molecular weight is 564 g/mol. The maximum absolute atomic E-state index is 5.14. The van der Waals surface area contributed by atoms with Crippen molar-refractivity contribution in [2.75, 3.05) is 0 Å². The average Bonchev–Trinajstić information content (AvgIpc) is 3.12. The number of fused-ring (bicyclic) bond motifs is 3. The first-order valence-electron chi connectivity index (χ1n) is 14.5. The first kappa shape index (κ1) is 25.6. The predicted octanol–water partition coefficient (Wildman–Crippen LogP) is 9.30. The van der Waals surface area contributed by atoms with Gasteiger partial charge >= 0.3 is 0 Å². The van der Waals surface area contributed by atoms with Crippen molar-refractivity contribution >= 4 is 21.5 Å². The smallest absolute Gasteiger partial charge is 0.165 e. The molecule has 8 rings (SSSR count). The molecule has 0 amide bonds. The second-order valence-corrected chi connectivity index (χ2v) is 10.5. The third-order valence-corrected chi connectivity index (χ3v) is 7.85. The molecule has 44 heavy (non-hydrogen) atoms. The van der Waals surface area contributed by atoms with E-state index in [0.29, 0.717) is 17.5 Å². The summed E-state index contributed by atoms with van der Waals surface area (Å²) in [7, 11) is 0. The van der Waals surface area contributed by atoms with Gasteiger partial charge in [0.1, 0.15) is 0 Å². The van der Waals surface area contributed by atoms with Crippen LogP contribution in [0.3, 0.4) is 0 Å². The molecule has 0 saturated carbocycles. The molecule has 0 aliphatic carbocycles. The van der Waals surface area contributed by atoms with Gasteiger partial charge in [-0.3, -0.25) is 0 Å². The SMILES string of the molecule is c1ccc(-c2ccc(-c3c(-c4nc(-c5ccccc5)nc(-c5ccccc5)n4)c4ccccc4c4ccccc34)nn2)cc1. The highest BCUT2D eigenvalue weighted by Gasteiger charge is 2.22. The first-order chi connectivity index (χ1) is 21.8. The lowest BCUT2D eigenvalue weighted by Crippen LogP contribution is -2.03. The van der Waals surface area contributed by atoms with Gasteiger partial charge in [0, 0.05) is 27.8 Å². The highest BCUT2D eigenvalue weighted by Crippen LogP contribution is 2.43. The number of aromatic nitrogens is 5. The van der Waals surface area contributed by atoms with Crippen molar-refractivity contribution in [2.24, 2.45) is 0 Å². The Hall–Kier alpha value is -6.07. The Morgan fingerprint density at radius 3 is 1.16 bits per heavy atom. The number of benzene rings is 6. The Bertz CT molecular complexity index is 2190. The number of rotatable bonds is 5. The largest absolute Gasteiger partial charge is 0.208 e. The summed E-state index contributed by atoms with van der Waals surface area (Å²) in [5.41, 5.74) is 6.28. The summed E-state index contributed by atoms with van der Waals surface area (Å²) in [5.74, 6) is 1.81. The minimum Gasteiger partial charge on any atom is -0.208 e. The molecule has 0 aliphatic rings. The molecule has 5 heteroatoms. The molecule has 0 fully saturated rings. The van der Waals surface area contributed by atoms with E-state index in [1.54, 1.807) is 0 Å². The monoisotopic (exact) mass is 563 g/mol. The third-order valence-electron chi connectivity index (χ3n) is 7.85. The molecule has 0 spiro atoms. The van der Waals surface area contributed by atoms with Gasteiger partial charge in [-0.1, -0.05) is 140 Å². The van der Waals surface area contributed by atoms with Crippen LogP contribution in [0.2, 0.25) is 0 Å². The summed E-state index contributed by atoms with van der Waals surface area (Å²) in [6.45, 7) is 0. The Kier molecular flexibility index (Phi) is 6.39. The summed E-state index contributed by atoms with van der Waals surface area (Å²) in [4.78, 5) is 15.2. The Balaban J connectivity index is 1.45. The van der Waals surface area contributed by atoms with Crippen molar-refractivity contribution in [3.05, 3.63) is 152 Å². The molecule has 5 nitrogen and oxygen atoms in total. The first-order valence-corrected chi connectivity index (χ1v) is 14.5. The Morgan fingerprint density at radius 2 is 0.659 bits per heavy atom. The molecule has 6 aromatic carbocycles. The molecule has 2 aromatic heterocycles. The fourth-order valence-electron chi connectivity index (χ4n) is 5.79. The van der Waals surface area contributed by atoms with Crippen LogP contribution in [0.4, 0.5) is 0 Å². The lowest BCUT2D eigenvalue weighted by atomic mass is 9.89. The second kappa shape index (κ2) is 11.0. The summed E-state index contributed by atoms with van der Waals surface area (Å²) in [6, 6.07) is 51.2. The van der Waals surface area contributed by atoms with Gasteiger partial charge in [-0.2, -0.15) is 0 Å². The minimum absolute atomic E-state index is 0.587. The summed E-state index contributed by atoms with van der Waals surface area (Å²) in [6.07, 6.45) is 0. The minimum atomic E-state index is 0.587. The molecule has 0 bridgehead atoms. The summed E-state index contributed by atoms with van der Waals surface area (Å²) in [5, 5.41) is 13.8. The van der Waals surface area contributed by atoms with Gasteiger partial charge in [-0.05, 0) is 33.7 Å². The van der Waals surface area contributed by atoms with Gasteiger partial charge in [0.05, 0.1) is 11.4 Å². The van der Waals surface area contributed by atoms with E-state index in [2.05, 4.69) is 53.6 Å². The van der Waals surface area contributed by atoms with Crippen LogP contribution >= 0.6 is 0 Å². The van der Waals surface area contributed by atoms with Crippen molar-refractivity contribution in [3.8, 4) is 56.7 Å². The molecule has 0 radical (unpaired) electrons. The van der Waals surface area contributed by atoms with Gasteiger partial charge < -0.3 is 0 Å². The molecular formula is C39H25N5. The van der Waals surface area contributed by atoms with Crippen LogP contribution in [0.15, 0.2) is 152 Å². The topological polar surface area (TPSA) is 64.5 Å². The van der Waals surface area contributed by atoms with Gasteiger partial charge in [-0.15, -0.1) is 10.2 Å². The van der Waals surface area contributed by atoms with Gasteiger partial charge in [-0.25, -0.2) is 15.0 Å². The zero-order chi connectivity index (χ0) is 29.3. The van der Waals surface area contributed by atoms with E-state index in [-0.39, 0.29) is 0 Å². The van der Waals surface area contributed by atoms with Crippen molar-refractivity contribution in [2.45, 2.75) is 0 Å². The van der Waals surface area contributed by atoms with E-state index in [1.807, 2.05) is 103 Å². The molecule has 8 aromatic rings. The maximum Gasteiger partial charge on any atom is 0.165 e. The van der Waals surface area contributed by atoms with E-state index >= 15 is 0 Å². The molecule has 0 aliphatic heterocycles. The van der Waals surface area contributed by atoms with Crippen molar-refractivity contribution < 1.29 is 0 Å². The quantitative estimate of drug-likeness (QED) is 0.195. The van der Waals surface area contributed by atoms with Crippen molar-refractivity contribution in [3.63, 3.8) is 0 Å². The van der Waals surface area contributed by atoms with Crippen LogP contribution in [0.5, 0.6) is 0 Å². The lowest BCUT2D eigenvalue weighted by Gasteiger charge is -2.17. The molecule has 0 N–H and O–H groups in total. The van der Waals surface area contributed by atoms with Crippen LogP contribution in [-0.4, -0.2) is 25.1 Å². The number of nitrogens with zero attached hydrogens (tertiary/aromatic N) is 5. The lowest BCUT2D eigenvalue weighted by molar-refractivity contribution is 1.04.